The number of rotatable bonds is 5. The van der Waals surface area contributed by atoms with Crippen LogP contribution < -0.4 is 4.90 Å². The van der Waals surface area contributed by atoms with Gasteiger partial charge in [0.05, 0.1) is 28.2 Å². The van der Waals surface area contributed by atoms with Gasteiger partial charge in [-0.15, -0.1) is 11.8 Å². The largest absolute Gasteiger partial charge is 0.468 e. The van der Waals surface area contributed by atoms with Crippen LogP contribution in [0.5, 0.6) is 0 Å². The van der Waals surface area contributed by atoms with Crippen molar-refractivity contribution in [3.8, 4) is 0 Å². The summed E-state index contributed by atoms with van der Waals surface area (Å²) in [7, 11) is 0. The Hall–Kier alpha value is -3.05. The molecule has 0 spiro atoms. The van der Waals surface area contributed by atoms with E-state index in [0.29, 0.717) is 21.9 Å². The molecule has 0 saturated carbocycles. The first-order chi connectivity index (χ1) is 12.8. The Morgan fingerprint density at radius 2 is 1.50 bits per heavy atom. The van der Waals surface area contributed by atoms with Gasteiger partial charge in [0.1, 0.15) is 5.76 Å². The zero-order chi connectivity index (χ0) is 17.9. The lowest BCUT2D eigenvalue weighted by Gasteiger charge is -2.14. The molecule has 2 amide bonds. The Balaban J connectivity index is 1.74. The van der Waals surface area contributed by atoms with Crippen molar-refractivity contribution in [1.82, 2.24) is 0 Å². The molecule has 2 aromatic carbocycles. The number of para-hydroxylation sites is 1. The van der Waals surface area contributed by atoms with E-state index < -0.39 is 0 Å². The summed E-state index contributed by atoms with van der Waals surface area (Å²) in [6.45, 7) is 0. The smallest absolute Gasteiger partial charge is 0.272 e. The second-order valence-corrected chi connectivity index (χ2v) is 6.71. The Kier molecular flexibility index (Phi) is 4.46. The number of thioether (sulfide) groups is 1. The first kappa shape index (κ1) is 16.4. The van der Waals surface area contributed by atoms with E-state index in [1.807, 2.05) is 54.6 Å². The van der Waals surface area contributed by atoms with Crippen molar-refractivity contribution >= 4 is 34.8 Å². The number of nitrogens with zero attached hydrogens (tertiary/aromatic N) is 1. The lowest BCUT2D eigenvalue weighted by Crippen LogP contribution is -2.31. The molecule has 3 aromatic rings. The number of amides is 2. The number of benzene rings is 2. The molecule has 1 aromatic heterocycles. The zero-order valence-corrected chi connectivity index (χ0v) is 14.6. The molecule has 5 heteroatoms. The summed E-state index contributed by atoms with van der Waals surface area (Å²) in [5, 5.41) is 0. The monoisotopic (exact) mass is 361 g/mol. The van der Waals surface area contributed by atoms with Gasteiger partial charge in [-0.25, -0.2) is 4.90 Å². The molecule has 4 rings (SSSR count). The Morgan fingerprint density at radius 1 is 0.808 bits per heavy atom. The minimum atomic E-state index is -0.297. The normalized spacial score (nSPS) is 14.4. The van der Waals surface area contributed by atoms with Crippen LogP contribution in [0.3, 0.4) is 0 Å². The fourth-order valence-electron chi connectivity index (χ4n) is 2.85. The second-order valence-electron chi connectivity index (χ2n) is 5.72. The van der Waals surface area contributed by atoms with Gasteiger partial charge >= 0.3 is 0 Å². The summed E-state index contributed by atoms with van der Waals surface area (Å²) in [5.74, 6) is 0.652. The number of anilines is 1. The maximum atomic E-state index is 13.1. The van der Waals surface area contributed by atoms with Crippen LogP contribution in [-0.4, -0.2) is 11.8 Å². The number of carbonyl (C=O) groups is 2. The van der Waals surface area contributed by atoms with Crippen molar-refractivity contribution in [2.45, 2.75) is 5.75 Å². The van der Waals surface area contributed by atoms with Gasteiger partial charge in [-0.2, -0.15) is 0 Å². The summed E-state index contributed by atoms with van der Waals surface area (Å²) in [5.41, 5.74) is 1.76. The SMILES string of the molecule is O=C1C(SCc2ccco2)=C(c2ccccc2)C(=O)N1c1ccccc1. The number of carbonyl (C=O) groups excluding carboxylic acids is 2. The van der Waals surface area contributed by atoms with Crippen molar-refractivity contribution in [2.24, 2.45) is 0 Å². The number of imide groups is 1. The molecule has 1 aliphatic heterocycles. The Labute approximate surface area is 155 Å². The minimum absolute atomic E-state index is 0.295. The highest BCUT2D eigenvalue weighted by atomic mass is 32.2. The summed E-state index contributed by atoms with van der Waals surface area (Å²) in [6, 6.07) is 22.0. The predicted molar refractivity (Wildman–Crippen MR) is 102 cm³/mol. The predicted octanol–water partition coefficient (Wildman–Crippen LogP) is 4.50. The molecular weight excluding hydrogens is 346 g/mol. The summed E-state index contributed by atoms with van der Waals surface area (Å²) in [4.78, 5) is 27.8. The maximum absolute atomic E-state index is 13.1. The van der Waals surface area contributed by atoms with Crippen LogP contribution in [0, 0.1) is 0 Å². The van der Waals surface area contributed by atoms with Crippen LogP contribution in [-0.2, 0) is 15.3 Å². The standard InChI is InChI=1S/C21H15NO3S/c23-20-18(15-8-3-1-4-9-15)19(26-14-17-12-7-13-25-17)21(24)22(20)16-10-5-2-6-11-16/h1-13H,14H2. The molecule has 0 fully saturated rings. The topological polar surface area (TPSA) is 50.5 Å². The van der Waals surface area contributed by atoms with E-state index in [0.717, 1.165) is 11.3 Å². The van der Waals surface area contributed by atoms with Crippen LogP contribution in [0.4, 0.5) is 5.69 Å². The van der Waals surface area contributed by atoms with Gasteiger partial charge < -0.3 is 4.42 Å². The molecule has 4 nitrogen and oxygen atoms in total. The molecule has 0 aliphatic carbocycles. The molecule has 0 bridgehead atoms. The van der Waals surface area contributed by atoms with Gasteiger partial charge in [0.25, 0.3) is 11.8 Å². The van der Waals surface area contributed by atoms with E-state index in [1.54, 1.807) is 24.5 Å². The molecule has 1 aliphatic rings. The minimum Gasteiger partial charge on any atom is -0.468 e. The van der Waals surface area contributed by atoms with E-state index in [2.05, 4.69) is 0 Å². The fourth-order valence-corrected chi connectivity index (χ4v) is 3.87. The van der Waals surface area contributed by atoms with Crippen molar-refractivity contribution < 1.29 is 14.0 Å². The molecule has 0 unspecified atom stereocenters. The average Bonchev–Trinajstić information content (AvgIpc) is 3.28. The quantitative estimate of drug-likeness (QED) is 0.628. The van der Waals surface area contributed by atoms with Gasteiger partial charge in [0, 0.05) is 0 Å². The van der Waals surface area contributed by atoms with Crippen LogP contribution >= 0.6 is 11.8 Å². The van der Waals surface area contributed by atoms with Gasteiger partial charge in [-0.05, 0) is 29.8 Å². The Bertz CT molecular complexity index is 963. The van der Waals surface area contributed by atoms with E-state index in [1.165, 1.54) is 16.7 Å². The van der Waals surface area contributed by atoms with E-state index >= 15 is 0 Å². The first-order valence-electron chi connectivity index (χ1n) is 8.14. The molecule has 26 heavy (non-hydrogen) atoms. The summed E-state index contributed by atoms with van der Waals surface area (Å²) in [6.07, 6.45) is 1.60. The molecule has 0 saturated heterocycles. The average molecular weight is 361 g/mol. The molecule has 2 heterocycles. The number of hydrogen-bond acceptors (Lipinski definition) is 4. The lowest BCUT2D eigenvalue weighted by molar-refractivity contribution is -0.119. The molecule has 0 N–H and O–H groups in total. The van der Waals surface area contributed by atoms with Gasteiger partial charge in [0.2, 0.25) is 0 Å². The Morgan fingerprint density at radius 3 is 2.15 bits per heavy atom. The fraction of sp³-hybridized carbons (Fsp3) is 0.0476. The van der Waals surface area contributed by atoms with Crippen LogP contribution in [0.15, 0.2) is 88.4 Å². The van der Waals surface area contributed by atoms with E-state index in [9.17, 15) is 9.59 Å². The van der Waals surface area contributed by atoms with Crippen molar-refractivity contribution in [1.29, 1.82) is 0 Å². The van der Waals surface area contributed by atoms with Crippen LogP contribution in [0.25, 0.3) is 5.57 Å². The summed E-state index contributed by atoms with van der Waals surface area (Å²) >= 11 is 1.33. The molecule has 0 atom stereocenters. The molecule has 128 valence electrons. The third-order valence-electron chi connectivity index (χ3n) is 4.06. The maximum Gasteiger partial charge on any atom is 0.272 e. The second kappa shape index (κ2) is 7.06. The highest BCUT2D eigenvalue weighted by Crippen LogP contribution is 2.39. The third-order valence-corrected chi connectivity index (χ3v) is 5.15. The highest BCUT2D eigenvalue weighted by molar-refractivity contribution is 8.03. The highest BCUT2D eigenvalue weighted by Gasteiger charge is 2.40. The van der Waals surface area contributed by atoms with Crippen LogP contribution in [0.1, 0.15) is 11.3 Å². The molecule has 0 radical (unpaired) electrons. The number of hydrogen-bond donors (Lipinski definition) is 0. The molecular formula is C21H15NO3S. The third kappa shape index (κ3) is 2.97. The van der Waals surface area contributed by atoms with Crippen molar-refractivity contribution in [3.63, 3.8) is 0 Å². The number of furan rings is 1. The van der Waals surface area contributed by atoms with Crippen LogP contribution in [0.2, 0.25) is 0 Å². The zero-order valence-electron chi connectivity index (χ0n) is 13.8. The van der Waals surface area contributed by atoms with Gasteiger partial charge in [0.15, 0.2) is 0 Å². The van der Waals surface area contributed by atoms with Crippen molar-refractivity contribution in [2.75, 3.05) is 4.90 Å². The summed E-state index contributed by atoms with van der Waals surface area (Å²) < 4.78 is 5.35. The van der Waals surface area contributed by atoms with Gasteiger partial charge in [-0.3, -0.25) is 9.59 Å². The lowest BCUT2D eigenvalue weighted by atomic mass is 10.1. The van der Waals surface area contributed by atoms with E-state index in [-0.39, 0.29) is 11.8 Å². The van der Waals surface area contributed by atoms with E-state index in [4.69, 9.17) is 4.42 Å². The van der Waals surface area contributed by atoms with Crippen molar-refractivity contribution in [3.05, 3.63) is 95.3 Å². The van der Waals surface area contributed by atoms with Gasteiger partial charge in [-0.1, -0.05) is 48.5 Å². The first-order valence-corrected chi connectivity index (χ1v) is 9.13.